The van der Waals surface area contributed by atoms with Gasteiger partial charge in [0.05, 0.1) is 5.92 Å². The van der Waals surface area contributed by atoms with Gasteiger partial charge < -0.3 is 5.11 Å². The largest absolute Gasteiger partial charge is 0.508 e. The Morgan fingerprint density at radius 2 is 1.82 bits per heavy atom. The van der Waals surface area contributed by atoms with Gasteiger partial charge in [-0.15, -0.1) is 6.58 Å². The van der Waals surface area contributed by atoms with Gasteiger partial charge >= 0.3 is 0 Å². The van der Waals surface area contributed by atoms with Crippen molar-refractivity contribution in [3.05, 3.63) is 54.1 Å². The number of nitrogens with one attached hydrogen (secondary N) is 1. The number of allylic oxidation sites excluding steroid dienone is 3. The van der Waals surface area contributed by atoms with Gasteiger partial charge in [-0.1, -0.05) is 57.6 Å². The van der Waals surface area contributed by atoms with Gasteiger partial charge in [-0.2, -0.15) is 0 Å². The number of ketones is 1. The predicted molar refractivity (Wildman–Crippen MR) is 146 cm³/mol. The van der Waals surface area contributed by atoms with Crippen LogP contribution in [-0.2, 0) is 20.8 Å². The molecule has 1 aliphatic heterocycles. The smallest absolute Gasteiger partial charge is 0.237 e. The number of rotatable bonds is 5. The van der Waals surface area contributed by atoms with Crippen LogP contribution in [0.5, 0.6) is 5.75 Å². The van der Waals surface area contributed by atoms with Crippen LogP contribution in [0.15, 0.2) is 48.6 Å². The number of carbonyl (C=O) groups excluding carboxylic acids is 3. The molecule has 3 saturated carbocycles. The van der Waals surface area contributed by atoms with E-state index in [1.807, 2.05) is 6.08 Å². The topological polar surface area (TPSA) is 83.5 Å². The summed E-state index contributed by atoms with van der Waals surface area (Å²) in [6, 6.07) is 6.66. The fourth-order valence-electron chi connectivity index (χ4n) is 11.0. The summed E-state index contributed by atoms with van der Waals surface area (Å²) in [5.41, 5.74) is 1.59. The predicted octanol–water partition coefficient (Wildman–Crippen LogP) is 5.49. The maximum Gasteiger partial charge on any atom is 0.237 e. The highest BCUT2D eigenvalue weighted by atomic mass is 16.3. The van der Waals surface area contributed by atoms with E-state index in [0.29, 0.717) is 29.6 Å². The highest BCUT2D eigenvalue weighted by Gasteiger charge is 2.81. The SMILES string of the molecule is C=C[C@@]1(C)C=C(C)C2C3(C[C@@H]3C3[C@@H](C)C[C@@H](C)C[C@]32C)[C@H]1C(=O)[C@@H]1C(=O)NC(=O)C1Cc1ccc(O)cc1. The molecule has 4 aliphatic carbocycles. The Bertz CT molecular complexity index is 1260. The number of hydrogen-bond acceptors (Lipinski definition) is 4. The average Bonchev–Trinajstić information content (AvgIpc) is 3.34. The van der Waals surface area contributed by atoms with Gasteiger partial charge in [-0.05, 0) is 90.7 Å². The van der Waals surface area contributed by atoms with Crippen LogP contribution in [0, 0.1) is 63.6 Å². The van der Waals surface area contributed by atoms with E-state index >= 15 is 0 Å². The summed E-state index contributed by atoms with van der Waals surface area (Å²) in [7, 11) is 0. The van der Waals surface area contributed by atoms with Crippen molar-refractivity contribution in [1.29, 1.82) is 0 Å². The third kappa shape index (κ3) is 3.26. The Morgan fingerprint density at radius 1 is 1.13 bits per heavy atom. The Morgan fingerprint density at radius 3 is 2.47 bits per heavy atom. The Kier molecular flexibility index (Phi) is 5.49. The number of Topliss-reactive ketones (excluding diaryl/α,β-unsaturated/α-hetero) is 1. The van der Waals surface area contributed by atoms with Crippen molar-refractivity contribution < 1.29 is 19.5 Å². The summed E-state index contributed by atoms with van der Waals surface area (Å²) >= 11 is 0. The molecule has 5 aliphatic rings. The Hall–Kier alpha value is -2.69. The number of aromatic hydroxyl groups is 1. The van der Waals surface area contributed by atoms with E-state index in [2.05, 4.69) is 52.6 Å². The molecular weight excluding hydrogens is 474 g/mol. The van der Waals surface area contributed by atoms with Gasteiger partial charge in [-0.25, -0.2) is 0 Å². The van der Waals surface area contributed by atoms with Crippen LogP contribution in [0.4, 0.5) is 0 Å². The highest BCUT2D eigenvalue weighted by molar-refractivity contribution is 6.16. The van der Waals surface area contributed by atoms with E-state index < -0.39 is 23.2 Å². The molecule has 6 rings (SSSR count). The molecule has 1 spiro atoms. The van der Waals surface area contributed by atoms with Gasteiger partial charge in [0.2, 0.25) is 11.8 Å². The van der Waals surface area contributed by atoms with Gasteiger partial charge in [0.25, 0.3) is 0 Å². The second-order valence-corrected chi connectivity index (χ2v) is 14.0. The first kappa shape index (κ1) is 25.6. The van der Waals surface area contributed by atoms with Gasteiger partial charge in [-0.3, -0.25) is 19.7 Å². The number of amides is 2. The molecule has 2 amide bonds. The molecular formula is C33H41NO4. The quantitative estimate of drug-likeness (QED) is 0.309. The molecule has 0 aromatic heterocycles. The zero-order chi connectivity index (χ0) is 27.4. The van der Waals surface area contributed by atoms with E-state index in [1.165, 1.54) is 18.4 Å². The van der Waals surface area contributed by atoms with Crippen LogP contribution in [0.3, 0.4) is 0 Å². The summed E-state index contributed by atoms with van der Waals surface area (Å²) in [5, 5.41) is 12.2. The molecule has 1 aromatic rings. The first-order valence-corrected chi connectivity index (χ1v) is 14.4. The lowest BCUT2D eigenvalue weighted by molar-refractivity contribution is -0.141. The molecule has 1 aromatic carbocycles. The molecule has 5 nitrogen and oxygen atoms in total. The van der Waals surface area contributed by atoms with Crippen molar-refractivity contribution in [1.82, 2.24) is 5.32 Å². The fraction of sp³-hybridized carbons (Fsp3) is 0.606. The molecule has 0 radical (unpaired) electrons. The molecule has 1 heterocycles. The molecule has 0 bridgehead atoms. The van der Waals surface area contributed by atoms with Crippen molar-refractivity contribution in [2.75, 3.05) is 0 Å². The number of hydrogen-bond donors (Lipinski definition) is 2. The molecule has 2 N–H and O–H groups in total. The second-order valence-electron chi connectivity index (χ2n) is 14.0. The molecule has 202 valence electrons. The number of imide groups is 1. The number of carbonyl (C=O) groups is 3. The van der Waals surface area contributed by atoms with Crippen LogP contribution >= 0.6 is 0 Å². The lowest BCUT2D eigenvalue weighted by Gasteiger charge is -2.54. The van der Waals surface area contributed by atoms with E-state index in [9.17, 15) is 19.5 Å². The normalized spacial score (nSPS) is 46.9. The summed E-state index contributed by atoms with van der Waals surface area (Å²) < 4.78 is 0. The van der Waals surface area contributed by atoms with Crippen molar-refractivity contribution in [2.45, 2.75) is 60.3 Å². The van der Waals surface area contributed by atoms with E-state index in [1.54, 1.807) is 24.3 Å². The zero-order valence-corrected chi connectivity index (χ0v) is 23.3. The minimum Gasteiger partial charge on any atom is -0.508 e. The fourth-order valence-corrected chi connectivity index (χ4v) is 11.0. The molecule has 4 unspecified atom stereocenters. The summed E-state index contributed by atoms with van der Waals surface area (Å²) in [5.74, 6) is -0.291. The molecule has 5 heteroatoms. The van der Waals surface area contributed by atoms with E-state index in [0.717, 1.165) is 12.0 Å². The first-order valence-electron chi connectivity index (χ1n) is 14.4. The van der Waals surface area contributed by atoms with Crippen LogP contribution < -0.4 is 5.32 Å². The lowest BCUT2D eigenvalue weighted by Crippen LogP contribution is -2.51. The van der Waals surface area contributed by atoms with Gasteiger partial charge in [0, 0.05) is 11.3 Å². The van der Waals surface area contributed by atoms with Gasteiger partial charge in [0.15, 0.2) is 5.78 Å². The number of phenolic OH excluding ortho intramolecular Hbond substituents is 1. The number of phenols is 1. The number of fused-ring (bicyclic) bond motifs is 3. The van der Waals surface area contributed by atoms with Crippen LogP contribution in [0.2, 0.25) is 0 Å². The number of benzene rings is 1. The standard InChI is InChI=1S/C33H41NO4/c1-7-31(5)15-19(4)27-32(6)14-17(2)12-18(3)25(32)23-16-33(23,27)28(31)26(36)24-22(29(37)34-30(24)38)13-20-8-10-21(35)11-9-20/h7-11,15,17-18,22-25,27-28,35H,1,12-14,16H2,2-6H3,(H,34,37,38)/t17-,18+,22?,23-,24-,25?,27?,28+,31+,32-,33?/m1/s1. The van der Waals surface area contributed by atoms with E-state index in [-0.39, 0.29) is 40.6 Å². The van der Waals surface area contributed by atoms with Crippen molar-refractivity contribution in [3.8, 4) is 5.75 Å². The van der Waals surface area contributed by atoms with Crippen LogP contribution in [0.25, 0.3) is 0 Å². The average molecular weight is 516 g/mol. The Balaban J connectivity index is 1.43. The molecule has 1 saturated heterocycles. The Labute approximate surface area is 226 Å². The second kappa shape index (κ2) is 8.16. The van der Waals surface area contributed by atoms with E-state index in [4.69, 9.17) is 0 Å². The minimum absolute atomic E-state index is 0.0845. The monoisotopic (exact) mass is 515 g/mol. The summed E-state index contributed by atoms with van der Waals surface area (Å²) in [6.07, 6.45) is 7.90. The van der Waals surface area contributed by atoms with Crippen LogP contribution in [0.1, 0.15) is 59.4 Å². The maximum absolute atomic E-state index is 14.8. The first-order chi connectivity index (χ1) is 17.9. The summed E-state index contributed by atoms with van der Waals surface area (Å²) in [4.78, 5) is 41.1. The molecule has 38 heavy (non-hydrogen) atoms. The van der Waals surface area contributed by atoms with Crippen molar-refractivity contribution in [2.24, 2.45) is 63.6 Å². The maximum atomic E-state index is 14.8. The molecule has 4 fully saturated rings. The molecule has 11 atom stereocenters. The summed E-state index contributed by atoms with van der Waals surface area (Å²) in [6.45, 7) is 15.8. The zero-order valence-electron chi connectivity index (χ0n) is 23.3. The third-order valence-corrected chi connectivity index (χ3v) is 11.5. The van der Waals surface area contributed by atoms with Crippen LogP contribution in [-0.4, -0.2) is 22.7 Å². The minimum atomic E-state index is -1.00. The van der Waals surface area contributed by atoms with Crippen molar-refractivity contribution >= 4 is 17.6 Å². The lowest BCUT2D eigenvalue weighted by atomic mass is 9.49. The third-order valence-electron chi connectivity index (χ3n) is 11.5. The van der Waals surface area contributed by atoms with Gasteiger partial charge in [0.1, 0.15) is 11.7 Å². The van der Waals surface area contributed by atoms with Crippen molar-refractivity contribution in [3.63, 3.8) is 0 Å². The highest BCUT2D eigenvalue weighted by Crippen LogP contribution is 2.85.